The molecule has 8 nitrogen and oxygen atoms in total. The molecule has 0 spiro atoms. The number of nitrogens with one attached hydrogen (secondary N) is 1. The molecule has 0 amide bonds. The van der Waals surface area contributed by atoms with Crippen LogP contribution in [0.5, 0.6) is 0 Å². The number of aryl methyl sites for hydroxylation is 1. The summed E-state index contributed by atoms with van der Waals surface area (Å²) in [6.07, 6.45) is 7.27. The van der Waals surface area contributed by atoms with Crippen molar-refractivity contribution in [2.75, 3.05) is 0 Å². The lowest BCUT2D eigenvalue weighted by Crippen LogP contribution is -2.27. The second-order valence-corrected chi connectivity index (χ2v) is 7.46. The third-order valence-electron chi connectivity index (χ3n) is 5.69. The lowest BCUT2D eigenvalue weighted by Gasteiger charge is -2.24. The van der Waals surface area contributed by atoms with Crippen molar-refractivity contribution in [3.8, 4) is 5.95 Å². The van der Waals surface area contributed by atoms with E-state index in [-0.39, 0.29) is 17.5 Å². The Kier molecular flexibility index (Phi) is 3.58. The normalized spacial score (nSPS) is 16.2. The summed E-state index contributed by atoms with van der Waals surface area (Å²) in [5.74, 6) is -0.0282. The largest absolute Gasteiger partial charge is 0.327 e. The molecule has 0 aliphatic heterocycles. The topological polar surface area (TPSA) is 94.3 Å². The molecule has 0 radical (unpaired) electrons. The van der Waals surface area contributed by atoms with Gasteiger partial charge in [-0.2, -0.15) is 4.98 Å². The smallest absolute Gasteiger partial charge is 0.303 e. The zero-order valence-corrected chi connectivity index (χ0v) is 15.8. The van der Waals surface area contributed by atoms with Gasteiger partial charge in [0.25, 0.3) is 0 Å². The number of imidazole rings is 2. The minimum atomic E-state index is -0.363. The molecular formula is C21H16FN7O. The monoisotopic (exact) mass is 401 g/mol. The van der Waals surface area contributed by atoms with Gasteiger partial charge in [-0.3, -0.25) is 14.1 Å². The number of H-pyrrole nitrogens is 1. The molecule has 1 aliphatic carbocycles. The van der Waals surface area contributed by atoms with E-state index in [1.807, 2.05) is 6.07 Å². The Hall–Kier alpha value is -3.88. The van der Waals surface area contributed by atoms with Crippen molar-refractivity contribution in [2.24, 2.45) is 0 Å². The summed E-state index contributed by atoms with van der Waals surface area (Å²) in [6, 6.07) is 8.32. The molecule has 0 bridgehead atoms. The SMILES string of the molecule is O=c1[nH]c2cnc(-n3cnc4ccc(F)cc43)nc2n1C1CCc2ncccc2C1. The molecular weight excluding hydrogens is 385 g/mol. The summed E-state index contributed by atoms with van der Waals surface area (Å²) in [5, 5.41) is 0. The maximum atomic E-state index is 13.8. The van der Waals surface area contributed by atoms with Gasteiger partial charge in [-0.05, 0) is 43.0 Å². The van der Waals surface area contributed by atoms with Crippen LogP contribution < -0.4 is 5.69 Å². The Labute approximate surface area is 169 Å². The highest BCUT2D eigenvalue weighted by Crippen LogP contribution is 2.28. The van der Waals surface area contributed by atoms with Crippen LogP contribution in [-0.2, 0) is 12.8 Å². The fourth-order valence-corrected chi connectivity index (χ4v) is 4.26. The van der Waals surface area contributed by atoms with Crippen molar-refractivity contribution in [1.29, 1.82) is 0 Å². The number of hydrogen-bond donors (Lipinski definition) is 1. The van der Waals surface area contributed by atoms with Gasteiger partial charge in [-0.25, -0.2) is 19.2 Å². The fraction of sp³-hybridized carbons (Fsp3) is 0.190. The number of aromatic amines is 1. The van der Waals surface area contributed by atoms with Gasteiger partial charge in [0, 0.05) is 24.0 Å². The van der Waals surface area contributed by atoms with Gasteiger partial charge in [0.15, 0.2) is 5.65 Å². The Morgan fingerprint density at radius 3 is 3.03 bits per heavy atom. The number of hydrogen-bond acceptors (Lipinski definition) is 5. The van der Waals surface area contributed by atoms with E-state index in [2.05, 4.69) is 31.0 Å². The highest BCUT2D eigenvalue weighted by molar-refractivity contribution is 5.77. The third kappa shape index (κ3) is 2.55. The summed E-state index contributed by atoms with van der Waals surface area (Å²) in [7, 11) is 0. The summed E-state index contributed by atoms with van der Waals surface area (Å²) in [6.45, 7) is 0. The first-order chi connectivity index (χ1) is 14.7. The average molecular weight is 401 g/mol. The van der Waals surface area contributed by atoms with Crippen LogP contribution >= 0.6 is 0 Å². The Balaban J connectivity index is 1.49. The molecule has 30 heavy (non-hydrogen) atoms. The van der Waals surface area contributed by atoms with Crippen LogP contribution in [0.25, 0.3) is 28.1 Å². The molecule has 0 fully saturated rings. The van der Waals surface area contributed by atoms with Crippen LogP contribution in [0.3, 0.4) is 0 Å². The maximum Gasteiger partial charge on any atom is 0.327 e. The van der Waals surface area contributed by atoms with Gasteiger partial charge in [0.1, 0.15) is 17.7 Å². The molecule has 4 heterocycles. The number of halogens is 1. The van der Waals surface area contributed by atoms with Crippen LogP contribution in [0.4, 0.5) is 4.39 Å². The third-order valence-corrected chi connectivity index (χ3v) is 5.69. The Bertz CT molecular complexity index is 1480. The molecule has 9 heteroatoms. The van der Waals surface area contributed by atoms with E-state index < -0.39 is 0 Å². The van der Waals surface area contributed by atoms with Crippen LogP contribution in [0.15, 0.2) is 53.8 Å². The standard InChI is InChI=1S/C21H16FN7O/c22-13-3-5-16-18(9-13)28(11-25-16)20-24-10-17-19(27-20)29(21(30)26-17)14-4-6-15-12(8-14)2-1-7-23-15/h1-3,5,7,9-11,14H,4,6,8H2,(H,26,30). The summed E-state index contributed by atoms with van der Waals surface area (Å²) in [5.41, 5.74) is 4.33. The average Bonchev–Trinajstić information content (AvgIpc) is 3.32. The first kappa shape index (κ1) is 17.0. The van der Waals surface area contributed by atoms with Crippen molar-refractivity contribution < 1.29 is 4.39 Å². The van der Waals surface area contributed by atoms with Gasteiger partial charge < -0.3 is 4.98 Å². The van der Waals surface area contributed by atoms with E-state index in [1.54, 1.807) is 33.9 Å². The van der Waals surface area contributed by atoms with Crippen molar-refractivity contribution in [2.45, 2.75) is 25.3 Å². The number of benzene rings is 1. The van der Waals surface area contributed by atoms with Crippen molar-refractivity contribution in [3.05, 3.63) is 76.6 Å². The van der Waals surface area contributed by atoms with Crippen molar-refractivity contribution in [1.82, 2.24) is 34.1 Å². The maximum absolute atomic E-state index is 13.8. The summed E-state index contributed by atoms with van der Waals surface area (Å²) >= 11 is 0. The molecule has 1 aromatic carbocycles. The van der Waals surface area contributed by atoms with Crippen LogP contribution in [-0.4, -0.2) is 34.1 Å². The predicted octanol–water partition coefficient (Wildman–Crippen LogP) is 2.72. The lowest BCUT2D eigenvalue weighted by atomic mass is 9.92. The molecule has 1 aliphatic rings. The molecule has 0 saturated carbocycles. The van der Waals surface area contributed by atoms with E-state index in [9.17, 15) is 9.18 Å². The second kappa shape index (κ2) is 6.31. The van der Waals surface area contributed by atoms with E-state index >= 15 is 0 Å². The second-order valence-electron chi connectivity index (χ2n) is 7.46. The van der Waals surface area contributed by atoms with Gasteiger partial charge >= 0.3 is 5.69 Å². The number of rotatable bonds is 2. The Morgan fingerprint density at radius 1 is 1.17 bits per heavy atom. The van der Waals surface area contributed by atoms with E-state index in [0.29, 0.717) is 34.6 Å². The molecule has 148 valence electrons. The summed E-state index contributed by atoms with van der Waals surface area (Å²) < 4.78 is 17.1. The van der Waals surface area contributed by atoms with E-state index in [4.69, 9.17) is 0 Å². The van der Waals surface area contributed by atoms with E-state index in [1.165, 1.54) is 12.1 Å². The molecule has 1 unspecified atom stereocenters. The minimum absolute atomic E-state index is 0.0253. The molecule has 6 rings (SSSR count). The van der Waals surface area contributed by atoms with Gasteiger partial charge in [-0.15, -0.1) is 0 Å². The number of pyridine rings is 1. The van der Waals surface area contributed by atoms with Crippen molar-refractivity contribution >= 4 is 22.2 Å². The zero-order valence-electron chi connectivity index (χ0n) is 15.8. The lowest BCUT2D eigenvalue weighted by molar-refractivity contribution is 0.435. The van der Waals surface area contributed by atoms with Gasteiger partial charge in [-0.1, -0.05) is 6.07 Å². The predicted molar refractivity (Wildman–Crippen MR) is 108 cm³/mol. The summed E-state index contributed by atoms with van der Waals surface area (Å²) in [4.78, 5) is 33.4. The molecule has 1 N–H and O–H groups in total. The van der Waals surface area contributed by atoms with E-state index in [0.717, 1.165) is 24.1 Å². The molecule has 4 aromatic heterocycles. The van der Waals surface area contributed by atoms with Gasteiger partial charge in [0.05, 0.1) is 17.2 Å². The highest BCUT2D eigenvalue weighted by atomic mass is 19.1. The van der Waals surface area contributed by atoms with Crippen LogP contribution in [0, 0.1) is 5.82 Å². The Morgan fingerprint density at radius 2 is 2.10 bits per heavy atom. The van der Waals surface area contributed by atoms with Crippen LogP contribution in [0.1, 0.15) is 23.7 Å². The first-order valence-corrected chi connectivity index (χ1v) is 9.70. The number of aromatic nitrogens is 7. The molecule has 0 saturated heterocycles. The minimum Gasteiger partial charge on any atom is -0.303 e. The first-order valence-electron chi connectivity index (χ1n) is 9.70. The fourth-order valence-electron chi connectivity index (χ4n) is 4.26. The molecule has 5 aromatic rings. The molecule has 1 atom stereocenters. The number of nitrogens with zero attached hydrogens (tertiary/aromatic N) is 6. The highest BCUT2D eigenvalue weighted by Gasteiger charge is 2.25. The van der Waals surface area contributed by atoms with Crippen molar-refractivity contribution in [3.63, 3.8) is 0 Å². The van der Waals surface area contributed by atoms with Gasteiger partial charge in [0.2, 0.25) is 5.95 Å². The quantitative estimate of drug-likeness (QED) is 0.491. The number of fused-ring (bicyclic) bond motifs is 3. The zero-order chi connectivity index (χ0) is 20.2. The van der Waals surface area contributed by atoms with Crippen LogP contribution in [0.2, 0.25) is 0 Å².